The lowest BCUT2D eigenvalue weighted by molar-refractivity contribution is -0.136. The summed E-state index contributed by atoms with van der Waals surface area (Å²) in [4.78, 5) is 35.9. The van der Waals surface area contributed by atoms with Gasteiger partial charge in [0.25, 0.3) is 0 Å². The van der Waals surface area contributed by atoms with Crippen molar-refractivity contribution < 1.29 is 18.7 Å². The summed E-state index contributed by atoms with van der Waals surface area (Å²) in [5.74, 6) is 1.90. The number of para-hydroxylation sites is 1. The molecule has 2 atom stereocenters. The van der Waals surface area contributed by atoms with E-state index in [1.165, 1.54) is 0 Å². The number of aromatic nitrogens is 2. The largest absolute Gasteiger partial charge is 0.480 e. The number of carbonyl (C=O) groups excluding carboxylic acids is 2. The van der Waals surface area contributed by atoms with Crippen molar-refractivity contribution in [1.29, 1.82) is 0 Å². The van der Waals surface area contributed by atoms with Gasteiger partial charge in [0.15, 0.2) is 5.76 Å². The maximum atomic E-state index is 13.2. The van der Waals surface area contributed by atoms with Crippen LogP contribution in [0.15, 0.2) is 40.9 Å². The minimum absolute atomic E-state index is 0.0288. The average Bonchev–Trinajstić information content (AvgIpc) is 3.62. The number of pyridine rings is 1. The SMILES string of the molecule is CCC(=O)CCCCC[C@@H](c1ncc(-c2cc3ccccc3nc2OC)o1)N(C)C(=O)[C@H]1CCNC1. The fraction of sp³-hybridized carbons (Fsp3) is 0.500. The second kappa shape index (κ2) is 12.1. The first-order valence-electron chi connectivity index (χ1n) is 12.9. The molecule has 0 radical (unpaired) electrons. The highest BCUT2D eigenvalue weighted by Crippen LogP contribution is 2.35. The van der Waals surface area contributed by atoms with Crippen LogP contribution >= 0.6 is 0 Å². The van der Waals surface area contributed by atoms with E-state index >= 15 is 0 Å². The summed E-state index contributed by atoms with van der Waals surface area (Å²) in [5, 5.41) is 4.25. The molecule has 1 amide bonds. The first kappa shape index (κ1) is 25.8. The van der Waals surface area contributed by atoms with Gasteiger partial charge >= 0.3 is 0 Å². The molecule has 0 saturated carbocycles. The van der Waals surface area contributed by atoms with Gasteiger partial charge in [0.1, 0.15) is 11.8 Å². The number of amides is 1. The van der Waals surface area contributed by atoms with Gasteiger partial charge in [-0.1, -0.05) is 38.0 Å². The van der Waals surface area contributed by atoms with Crippen LogP contribution in [0.3, 0.4) is 0 Å². The molecule has 3 aromatic rings. The zero-order chi connectivity index (χ0) is 25.5. The Balaban J connectivity index is 1.56. The van der Waals surface area contributed by atoms with E-state index in [0.717, 1.165) is 55.1 Å². The van der Waals surface area contributed by atoms with E-state index in [9.17, 15) is 9.59 Å². The summed E-state index contributed by atoms with van der Waals surface area (Å²) in [7, 11) is 3.43. The number of nitrogens with zero attached hydrogens (tertiary/aromatic N) is 3. The molecule has 8 heteroatoms. The number of rotatable bonds is 12. The average molecular weight is 493 g/mol. The van der Waals surface area contributed by atoms with Crippen LogP contribution in [0.5, 0.6) is 5.88 Å². The molecule has 0 spiro atoms. The minimum Gasteiger partial charge on any atom is -0.480 e. The summed E-state index contributed by atoms with van der Waals surface area (Å²) in [6.45, 7) is 3.46. The number of carbonyl (C=O) groups is 2. The molecule has 3 heterocycles. The molecule has 1 aliphatic rings. The van der Waals surface area contributed by atoms with Gasteiger partial charge in [-0.25, -0.2) is 9.97 Å². The van der Waals surface area contributed by atoms with E-state index in [4.69, 9.17) is 9.15 Å². The van der Waals surface area contributed by atoms with E-state index < -0.39 is 0 Å². The predicted molar refractivity (Wildman–Crippen MR) is 139 cm³/mol. The van der Waals surface area contributed by atoms with Crippen molar-refractivity contribution in [3.63, 3.8) is 0 Å². The molecule has 4 rings (SSSR count). The summed E-state index contributed by atoms with van der Waals surface area (Å²) in [5.41, 5.74) is 1.56. The van der Waals surface area contributed by atoms with Gasteiger partial charge in [0.05, 0.1) is 30.3 Å². The second-order valence-electron chi connectivity index (χ2n) is 9.45. The Morgan fingerprint density at radius 3 is 2.83 bits per heavy atom. The van der Waals surface area contributed by atoms with Gasteiger partial charge in [-0.2, -0.15) is 0 Å². The summed E-state index contributed by atoms with van der Waals surface area (Å²) < 4.78 is 11.8. The molecule has 36 heavy (non-hydrogen) atoms. The molecule has 0 aliphatic carbocycles. The number of hydrogen-bond donors (Lipinski definition) is 1. The fourth-order valence-corrected chi connectivity index (χ4v) is 4.80. The maximum Gasteiger partial charge on any atom is 0.227 e. The molecule has 0 unspecified atom stereocenters. The van der Waals surface area contributed by atoms with Gasteiger partial charge in [0, 0.05) is 31.8 Å². The third-order valence-corrected chi connectivity index (χ3v) is 7.01. The Bertz CT molecular complexity index is 1190. The van der Waals surface area contributed by atoms with Crippen molar-refractivity contribution in [1.82, 2.24) is 20.2 Å². The zero-order valence-corrected chi connectivity index (χ0v) is 21.5. The predicted octanol–water partition coefficient (Wildman–Crippen LogP) is 4.94. The summed E-state index contributed by atoms with van der Waals surface area (Å²) in [6, 6.07) is 9.55. The Kier molecular flexibility index (Phi) is 8.70. The lowest BCUT2D eigenvalue weighted by Gasteiger charge is -2.28. The molecule has 1 saturated heterocycles. The van der Waals surface area contributed by atoms with Crippen LogP contribution in [-0.2, 0) is 9.59 Å². The van der Waals surface area contributed by atoms with Crippen LogP contribution < -0.4 is 10.1 Å². The van der Waals surface area contributed by atoms with Gasteiger partial charge < -0.3 is 19.4 Å². The Labute approximate surface area is 212 Å². The lowest BCUT2D eigenvalue weighted by Crippen LogP contribution is -2.37. The first-order valence-corrected chi connectivity index (χ1v) is 12.9. The number of fused-ring (bicyclic) bond motifs is 1. The van der Waals surface area contributed by atoms with Crippen LogP contribution in [0.25, 0.3) is 22.2 Å². The Hall–Kier alpha value is -3.26. The van der Waals surface area contributed by atoms with Gasteiger partial charge in [0.2, 0.25) is 17.7 Å². The lowest BCUT2D eigenvalue weighted by atomic mass is 10.0. The normalized spacial score (nSPS) is 16.2. The van der Waals surface area contributed by atoms with Gasteiger partial charge in [-0.15, -0.1) is 0 Å². The maximum absolute atomic E-state index is 13.2. The summed E-state index contributed by atoms with van der Waals surface area (Å²) in [6.07, 6.45) is 7.10. The third kappa shape index (κ3) is 5.93. The topological polar surface area (TPSA) is 97.6 Å². The van der Waals surface area contributed by atoms with E-state index in [0.29, 0.717) is 42.7 Å². The monoisotopic (exact) mass is 492 g/mol. The molecule has 1 N–H and O–H groups in total. The quantitative estimate of drug-likeness (QED) is 0.358. The molecule has 8 nitrogen and oxygen atoms in total. The minimum atomic E-state index is -0.284. The number of unbranched alkanes of at least 4 members (excludes halogenated alkanes) is 2. The van der Waals surface area contributed by atoms with Crippen molar-refractivity contribution in [3.05, 3.63) is 42.4 Å². The van der Waals surface area contributed by atoms with Crippen LogP contribution in [0.4, 0.5) is 0 Å². The number of oxazole rings is 1. The highest BCUT2D eigenvalue weighted by molar-refractivity contribution is 5.85. The fourth-order valence-electron chi connectivity index (χ4n) is 4.80. The number of Topliss-reactive ketones (excluding diaryl/α,β-unsaturated/α-hetero) is 1. The number of methoxy groups -OCH3 is 1. The van der Waals surface area contributed by atoms with Gasteiger partial charge in [-0.05, 0) is 37.9 Å². The zero-order valence-electron chi connectivity index (χ0n) is 21.5. The van der Waals surface area contributed by atoms with Crippen molar-refractivity contribution >= 4 is 22.6 Å². The Morgan fingerprint density at radius 1 is 1.25 bits per heavy atom. The van der Waals surface area contributed by atoms with Crippen molar-refractivity contribution in [2.45, 2.75) is 57.9 Å². The van der Waals surface area contributed by atoms with Crippen LogP contribution in [-0.4, -0.2) is 53.8 Å². The second-order valence-corrected chi connectivity index (χ2v) is 9.45. The number of benzene rings is 1. The van der Waals surface area contributed by atoms with Crippen molar-refractivity contribution in [2.75, 3.05) is 27.2 Å². The van der Waals surface area contributed by atoms with Crippen LogP contribution in [0.2, 0.25) is 0 Å². The number of nitrogens with one attached hydrogen (secondary N) is 1. The molecule has 0 bridgehead atoms. The van der Waals surface area contributed by atoms with E-state index in [1.54, 1.807) is 18.2 Å². The van der Waals surface area contributed by atoms with E-state index in [-0.39, 0.29) is 17.9 Å². The molecule has 1 aliphatic heterocycles. The molecule has 1 aromatic carbocycles. The summed E-state index contributed by atoms with van der Waals surface area (Å²) >= 11 is 0. The molecular weight excluding hydrogens is 456 g/mol. The molecule has 1 fully saturated rings. The molecule has 2 aromatic heterocycles. The smallest absolute Gasteiger partial charge is 0.227 e. The number of hydrogen-bond acceptors (Lipinski definition) is 7. The van der Waals surface area contributed by atoms with Crippen molar-refractivity contribution in [2.24, 2.45) is 5.92 Å². The standard InChI is InChI=1S/C28H36N4O4/c1-4-21(33)11-6-5-7-13-24(32(2)28(34)20-14-15-29-17-20)27-30-18-25(36-27)22-16-19-10-8-9-12-23(19)31-26(22)35-3/h8-10,12,16,18,20,24,29H,4-7,11,13-15,17H2,1-3H3/t20-,24-/m0/s1. The van der Waals surface area contributed by atoms with Crippen molar-refractivity contribution in [3.8, 4) is 17.2 Å². The molecule has 192 valence electrons. The van der Waals surface area contributed by atoms with Gasteiger partial charge in [-0.3, -0.25) is 9.59 Å². The Morgan fingerprint density at radius 2 is 2.08 bits per heavy atom. The highest BCUT2D eigenvalue weighted by atomic mass is 16.5. The first-order chi connectivity index (χ1) is 17.5. The number of ketones is 1. The van der Waals surface area contributed by atoms with E-state index in [1.807, 2.05) is 44.3 Å². The van der Waals surface area contributed by atoms with E-state index in [2.05, 4.69) is 15.3 Å². The number of ether oxygens (including phenoxy) is 1. The van der Waals surface area contributed by atoms with Crippen LogP contribution in [0.1, 0.15) is 63.8 Å². The molecular formula is C28H36N4O4. The highest BCUT2D eigenvalue weighted by Gasteiger charge is 2.32. The third-order valence-electron chi connectivity index (χ3n) is 7.01. The van der Waals surface area contributed by atoms with Crippen LogP contribution in [0, 0.1) is 5.92 Å².